The van der Waals surface area contributed by atoms with Gasteiger partial charge in [0, 0.05) is 6.04 Å². The number of hydrogen-bond acceptors (Lipinski definition) is 2. The fourth-order valence-corrected chi connectivity index (χ4v) is 2.02. The lowest BCUT2D eigenvalue weighted by Gasteiger charge is -2.14. The summed E-state index contributed by atoms with van der Waals surface area (Å²) in [7, 11) is 0. The maximum atomic E-state index is 9.60. The first-order valence-electron chi connectivity index (χ1n) is 5.31. The molecule has 0 amide bonds. The van der Waals surface area contributed by atoms with Crippen LogP contribution in [0.5, 0.6) is 0 Å². The lowest BCUT2D eigenvalue weighted by atomic mass is 10.0. The van der Waals surface area contributed by atoms with Crippen molar-refractivity contribution in [2.45, 2.75) is 31.4 Å². The van der Waals surface area contributed by atoms with E-state index in [2.05, 4.69) is 29.6 Å². The number of aryl methyl sites for hydroxylation is 1. The molecule has 1 heterocycles. The van der Waals surface area contributed by atoms with Gasteiger partial charge in [-0.25, -0.2) is 0 Å². The highest BCUT2D eigenvalue weighted by atomic mass is 16.3. The topological polar surface area (TPSA) is 32.3 Å². The second kappa shape index (κ2) is 4.58. The fraction of sp³-hybridized carbons (Fsp3) is 0.500. The van der Waals surface area contributed by atoms with Crippen molar-refractivity contribution in [2.24, 2.45) is 0 Å². The van der Waals surface area contributed by atoms with Crippen LogP contribution in [0.3, 0.4) is 0 Å². The zero-order valence-electron chi connectivity index (χ0n) is 8.32. The van der Waals surface area contributed by atoms with Gasteiger partial charge in [0.2, 0.25) is 0 Å². The average molecular weight is 191 g/mol. The van der Waals surface area contributed by atoms with Crippen molar-refractivity contribution in [1.29, 1.82) is 0 Å². The molecule has 2 N–H and O–H groups in total. The Kier molecular flexibility index (Phi) is 3.17. The minimum absolute atomic E-state index is 0.140. The van der Waals surface area contributed by atoms with Crippen molar-refractivity contribution in [2.75, 3.05) is 6.54 Å². The van der Waals surface area contributed by atoms with E-state index in [1.54, 1.807) is 0 Å². The SMILES string of the molecule is OC1CCNC1CCc1ccccc1. The molecule has 1 fully saturated rings. The maximum absolute atomic E-state index is 9.60. The van der Waals surface area contributed by atoms with Gasteiger partial charge in [-0.2, -0.15) is 0 Å². The number of aliphatic hydroxyl groups is 1. The van der Waals surface area contributed by atoms with Gasteiger partial charge in [-0.15, -0.1) is 0 Å². The maximum Gasteiger partial charge on any atom is 0.0705 e. The normalized spacial score (nSPS) is 26.6. The Morgan fingerprint density at radius 3 is 2.71 bits per heavy atom. The summed E-state index contributed by atoms with van der Waals surface area (Å²) < 4.78 is 0. The molecule has 1 aromatic carbocycles. The van der Waals surface area contributed by atoms with E-state index in [4.69, 9.17) is 0 Å². The highest BCUT2D eigenvalue weighted by molar-refractivity contribution is 5.14. The van der Waals surface area contributed by atoms with Crippen molar-refractivity contribution >= 4 is 0 Å². The molecule has 0 radical (unpaired) electrons. The highest BCUT2D eigenvalue weighted by Gasteiger charge is 2.23. The fourth-order valence-electron chi connectivity index (χ4n) is 2.02. The summed E-state index contributed by atoms with van der Waals surface area (Å²) in [5, 5.41) is 12.9. The molecule has 76 valence electrons. The molecule has 2 atom stereocenters. The average Bonchev–Trinajstić information content (AvgIpc) is 2.63. The molecule has 0 spiro atoms. The van der Waals surface area contributed by atoms with Crippen molar-refractivity contribution in [3.8, 4) is 0 Å². The van der Waals surface area contributed by atoms with Crippen LogP contribution in [0.4, 0.5) is 0 Å². The number of benzene rings is 1. The Morgan fingerprint density at radius 1 is 1.29 bits per heavy atom. The first-order valence-corrected chi connectivity index (χ1v) is 5.31. The van der Waals surface area contributed by atoms with Gasteiger partial charge in [0.05, 0.1) is 6.10 Å². The number of hydrogen-bond donors (Lipinski definition) is 2. The third-order valence-electron chi connectivity index (χ3n) is 2.90. The zero-order valence-corrected chi connectivity index (χ0v) is 8.32. The van der Waals surface area contributed by atoms with Crippen LogP contribution in [0.15, 0.2) is 30.3 Å². The third-order valence-corrected chi connectivity index (χ3v) is 2.90. The second-order valence-corrected chi connectivity index (χ2v) is 3.94. The van der Waals surface area contributed by atoms with E-state index in [0.29, 0.717) is 6.04 Å². The Bertz CT molecular complexity index is 273. The summed E-state index contributed by atoms with van der Waals surface area (Å²) in [5.41, 5.74) is 1.36. The molecule has 2 unspecified atom stereocenters. The Morgan fingerprint density at radius 2 is 2.07 bits per heavy atom. The van der Waals surface area contributed by atoms with Crippen LogP contribution in [0, 0.1) is 0 Å². The molecule has 2 nitrogen and oxygen atoms in total. The molecule has 2 rings (SSSR count). The summed E-state index contributed by atoms with van der Waals surface area (Å²) in [6.07, 6.45) is 2.85. The minimum atomic E-state index is -0.140. The van der Waals surface area contributed by atoms with Gasteiger partial charge in [-0.1, -0.05) is 30.3 Å². The van der Waals surface area contributed by atoms with Crippen LogP contribution in [0.1, 0.15) is 18.4 Å². The van der Waals surface area contributed by atoms with Crippen LogP contribution in [0.25, 0.3) is 0 Å². The molecule has 0 bridgehead atoms. The largest absolute Gasteiger partial charge is 0.391 e. The second-order valence-electron chi connectivity index (χ2n) is 3.94. The van der Waals surface area contributed by atoms with Crippen molar-refractivity contribution in [3.63, 3.8) is 0 Å². The van der Waals surface area contributed by atoms with E-state index in [9.17, 15) is 5.11 Å². The van der Waals surface area contributed by atoms with Crippen molar-refractivity contribution in [1.82, 2.24) is 5.32 Å². The molecular weight excluding hydrogens is 174 g/mol. The molecule has 0 aliphatic carbocycles. The Labute approximate surface area is 85.0 Å². The van der Waals surface area contributed by atoms with E-state index < -0.39 is 0 Å². The number of nitrogens with one attached hydrogen (secondary N) is 1. The molecule has 1 aromatic rings. The lowest BCUT2D eigenvalue weighted by molar-refractivity contribution is 0.155. The first-order chi connectivity index (χ1) is 6.86. The van der Waals surface area contributed by atoms with E-state index in [-0.39, 0.29) is 6.10 Å². The van der Waals surface area contributed by atoms with Crippen LogP contribution in [0.2, 0.25) is 0 Å². The molecule has 2 heteroatoms. The van der Waals surface area contributed by atoms with Crippen LogP contribution in [-0.4, -0.2) is 23.8 Å². The molecule has 14 heavy (non-hydrogen) atoms. The van der Waals surface area contributed by atoms with Crippen LogP contribution < -0.4 is 5.32 Å². The van der Waals surface area contributed by atoms with Gasteiger partial charge in [0.25, 0.3) is 0 Å². The first kappa shape index (κ1) is 9.69. The molecule has 0 saturated carbocycles. The van der Waals surface area contributed by atoms with Gasteiger partial charge in [0.1, 0.15) is 0 Å². The van der Waals surface area contributed by atoms with Gasteiger partial charge < -0.3 is 10.4 Å². The summed E-state index contributed by atoms with van der Waals surface area (Å²) in [4.78, 5) is 0. The molecule has 1 aliphatic rings. The smallest absolute Gasteiger partial charge is 0.0705 e. The van der Waals surface area contributed by atoms with Gasteiger partial charge in [0.15, 0.2) is 0 Å². The number of rotatable bonds is 3. The van der Waals surface area contributed by atoms with E-state index in [0.717, 1.165) is 25.8 Å². The van der Waals surface area contributed by atoms with E-state index >= 15 is 0 Å². The van der Waals surface area contributed by atoms with Gasteiger partial charge >= 0.3 is 0 Å². The lowest BCUT2D eigenvalue weighted by Crippen LogP contribution is -2.30. The van der Waals surface area contributed by atoms with Crippen LogP contribution in [-0.2, 0) is 6.42 Å². The van der Waals surface area contributed by atoms with E-state index in [1.165, 1.54) is 5.56 Å². The van der Waals surface area contributed by atoms with Crippen molar-refractivity contribution < 1.29 is 5.11 Å². The highest BCUT2D eigenvalue weighted by Crippen LogP contribution is 2.13. The summed E-state index contributed by atoms with van der Waals surface area (Å²) in [5.74, 6) is 0. The van der Waals surface area contributed by atoms with Crippen molar-refractivity contribution in [3.05, 3.63) is 35.9 Å². The van der Waals surface area contributed by atoms with Gasteiger partial charge in [-0.05, 0) is 31.4 Å². The quantitative estimate of drug-likeness (QED) is 0.755. The summed E-state index contributed by atoms with van der Waals surface area (Å²) in [6.45, 7) is 0.959. The standard InChI is InChI=1S/C12H17NO/c14-12-8-9-13-11(12)7-6-10-4-2-1-3-5-10/h1-5,11-14H,6-9H2. The molecule has 1 aliphatic heterocycles. The van der Waals surface area contributed by atoms with Crippen LogP contribution >= 0.6 is 0 Å². The van der Waals surface area contributed by atoms with Gasteiger partial charge in [-0.3, -0.25) is 0 Å². The molecule has 0 aromatic heterocycles. The minimum Gasteiger partial charge on any atom is -0.391 e. The van der Waals surface area contributed by atoms with E-state index in [1.807, 2.05) is 6.07 Å². The summed E-state index contributed by atoms with van der Waals surface area (Å²) >= 11 is 0. The Hall–Kier alpha value is -0.860. The molecule has 1 saturated heterocycles. The third kappa shape index (κ3) is 2.34. The predicted molar refractivity (Wildman–Crippen MR) is 57.2 cm³/mol. The summed E-state index contributed by atoms with van der Waals surface area (Å²) in [6, 6.07) is 10.7. The zero-order chi connectivity index (χ0) is 9.80. The predicted octanol–water partition coefficient (Wildman–Crippen LogP) is 1.34. The monoisotopic (exact) mass is 191 g/mol. The molecular formula is C12H17NO. The Balaban J connectivity index is 1.82. The number of aliphatic hydroxyl groups excluding tert-OH is 1.